The van der Waals surface area contributed by atoms with Crippen molar-refractivity contribution in [1.29, 1.82) is 0 Å². The highest BCUT2D eigenvalue weighted by Gasteiger charge is 2.16. The minimum Gasteiger partial charge on any atom is -0.349 e. The number of thiol groups is 1. The summed E-state index contributed by atoms with van der Waals surface area (Å²) in [6, 6.07) is 4.29. The van der Waals surface area contributed by atoms with Crippen molar-refractivity contribution in [2.75, 3.05) is 12.0 Å². The van der Waals surface area contributed by atoms with Gasteiger partial charge in [0.25, 0.3) is 5.91 Å². The van der Waals surface area contributed by atoms with E-state index in [-0.39, 0.29) is 11.3 Å². The fourth-order valence-corrected chi connectivity index (χ4v) is 2.88. The molecule has 0 aliphatic heterocycles. The summed E-state index contributed by atoms with van der Waals surface area (Å²) >= 11 is 10.0. The zero-order chi connectivity index (χ0) is 13.9. The van der Waals surface area contributed by atoms with Gasteiger partial charge < -0.3 is 5.32 Å². The number of sulfone groups is 1. The van der Waals surface area contributed by atoms with E-state index in [0.717, 1.165) is 6.26 Å². The maximum absolute atomic E-state index is 11.9. The van der Waals surface area contributed by atoms with Crippen molar-refractivity contribution < 1.29 is 13.2 Å². The van der Waals surface area contributed by atoms with E-state index in [0.29, 0.717) is 9.92 Å². The molecule has 0 fully saturated rings. The number of carbonyl (C=O) groups is 1. The number of carbonyl (C=O) groups excluding carboxylic acids is 1. The second kappa shape index (κ2) is 5.95. The molecular formula is C11H14ClNO3S2. The highest BCUT2D eigenvalue weighted by atomic mass is 35.5. The smallest absolute Gasteiger partial charge is 0.253 e. The van der Waals surface area contributed by atoms with Crippen LogP contribution in [-0.2, 0) is 9.84 Å². The Bertz CT molecular complexity index is 557. The molecule has 0 spiro atoms. The van der Waals surface area contributed by atoms with Crippen LogP contribution in [0.5, 0.6) is 0 Å². The van der Waals surface area contributed by atoms with E-state index < -0.39 is 21.8 Å². The van der Waals surface area contributed by atoms with Gasteiger partial charge in [-0.1, -0.05) is 11.6 Å². The lowest BCUT2D eigenvalue weighted by atomic mass is 10.2. The molecule has 0 aliphatic carbocycles. The minimum absolute atomic E-state index is 0.114. The highest BCUT2D eigenvalue weighted by molar-refractivity contribution is 7.90. The maximum Gasteiger partial charge on any atom is 0.253 e. The average molecular weight is 308 g/mol. The van der Waals surface area contributed by atoms with Gasteiger partial charge in [0.15, 0.2) is 0 Å². The summed E-state index contributed by atoms with van der Waals surface area (Å²) in [6.07, 6.45) is 1.12. The molecule has 0 saturated carbocycles. The Morgan fingerprint density at radius 1 is 1.50 bits per heavy atom. The number of benzene rings is 1. The quantitative estimate of drug-likeness (QED) is 0.834. The predicted molar refractivity (Wildman–Crippen MR) is 75.3 cm³/mol. The number of hydrogen-bond acceptors (Lipinski definition) is 4. The minimum atomic E-state index is -3.13. The van der Waals surface area contributed by atoms with E-state index in [1.807, 2.05) is 0 Å². The molecule has 0 bridgehead atoms. The van der Waals surface area contributed by atoms with Crippen LogP contribution in [0.3, 0.4) is 0 Å². The van der Waals surface area contributed by atoms with Gasteiger partial charge >= 0.3 is 0 Å². The molecule has 1 atom stereocenters. The van der Waals surface area contributed by atoms with Gasteiger partial charge in [-0.05, 0) is 25.1 Å². The van der Waals surface area contributed by atoms with Crippen LogP contribution in [0.1, 0.15) is 17.3 Å². The van der Waals surface area contributed by atoms with E-state index in [9.17, 15) is 13.2 Å². The van der Waals surface area contributed by atoms with Gasteiger partial charge in [-0.2, -0.15) is 0 Å². The Labute approximate surface area is 117 Å². The first-order valence-corrected chi connectivity index (χ1v) is 8.04. The number of amides is 1. The van der Waals surface area contributed by atoms with E-state index >= 15 is 0 Å². The van der Waals surface area contributed by atoms with Crippen LogP contribution < -0.4 is 5.32 Å². The molecule has 100 valence electrons. The zero-order valence-electron chi connectivity index (χ0n) is 9.97. The predicted octanol–water partition coefficient (Wildman–Crippen LogP) is 1.79. The molecule has 0 radical (unpaired) electrons. The molecule has 1 unspecified atom stereocenters. The van der Waals surface area contributed by atoms with E-state index in [2.05, 4.69) is 17.9 Å². The first-order chi connectivity index (χ1) is 8.19. The van der Waals surface area contributed by atoms with Crippen LogP contribution in [0.2, 0.25) is 5.02 Å². The Kier molecular flexibility index (Phi) is 5.07. The monoisotopic (exact) mass is 307 g/mol. The van der Waals surface area contributed by atoms with E-state index in [4.69, 9.17) is 11.6 Å². The van der Waals surface area contributed by atoms with E-state index in [1.165, 1.54) is 6.07 Å². The number of nitrogens with one attached hydrogen (secondary N) is 1. The molecule has 1 aromatic rings. The summed E-state index contributed by atoms with van der Waals surface area (Å²) in [5.41, 5.74) is 0.282. The van der Waals surface area contributed by atoms with Gasteiger partial charge in [0.05, 0.1) is 16.3 Å². The molecule has 1 amide bonds. The summed E-state index contributed by atoms with van der Waals surface area (Å²) in [4.78, 5) is 12.5. The summed E-state index contributed by atoms with van der Waals surface area (Å²) in [7, 11) is -3.13. The molecule has 7 heteroatoms. The molecule has 1 N–H and O–H groups in total. The lowest BCUT2D eigenvalue weighted by Crippen LogP contribution is -2.37. The summed E-state index contributed by atoms with van der Waals surface area (Å²) < 4.78 is 22.2. The van der Waals surface area contributed by atoms with Gasteiger partial charge in [-0.15, -0.1) is 12.6 Å². The van der Waals surface area contributed by atoms with Crippen molar-refractivity contribution in [2.45, 2.75) is 17.9 Å². The maximum atomic E-state index is 11.9. The number of halogens is 1. The molecule has 0 aliphatic rings. The molecule has 4 nitrogen and oxygen atoms in total. The van der Waals surface area contributed by atoms with Crippen molar-refractivity contribution in [3.8, 4) is 0 Å². The van der Waals surface area contributed by atoms with Crippen LogP contribution in [-0.4, -0.2) is 32.4 Å². The summed E-state index contributed by atoms with van der Waals surface area (Å²) in [5, 5.41) is 2.89. The van der Waals surface area contributed by atoms with Crippen LogP contribution in [0.4, 0.5) is 0 Å². The van der Waals surface area contributed by atoms with E-state index in [1.54, 1.807) is 19.1 Å². The van der Waals surface area contributed by atoms with Crippen molar-refractivity contribution in [2.24, 2.45) is 0 Å². The number of hydrogen-bond donors (Lipinski definition) is 2. The van der Waals surface area contributed by atoms with Gasteiger partial charge in [0, 0.05) is 17.2 Å². The first-order valence-electron chi connectivity index (χ1n) is 5.16. The van der Waals surface area contributed by atoms with Crippen molar-refractivity contribution in [3.05, 3.63) is 28.8 Å². The van der Waals surface area contributed by atoms with Gasteiger partial charge in [-0.3, -0.25) is 4.79 Å². The Morgan fingerprint density at radius 2 is 2.11 bits per heavy atom. The third kappa shape index (κ3) is 4.88. The lowest BCUT2D eigenvalue weighted by molar-refractivity contribution is 0.0943. The van der Waals surface area contributed by atoms with Gasteiger partial charge in [0.1, 0.15) is 9.84 Å². The fourth-order valence-electron chi connectivity index (χ4n) is 1.48. The van der Waals surface area contributed by atoms with Crippen molar-refractivity contribution in [1.82, 2.24) is 5.32 Å². The second-order valence-corrected chi connectivity index (χ2v) is 7.24. The second-order valence-electron chi connectivity index (χ2n) is 4.13. The zero-order valence-corrected chi connectivity index (χ0v) is 12.4. The van der Waals surface area contributed by atoms with Crippen LogP contribution in [0.25, 0.3) is 0 Å². The van der Waals surface area contributed by atoms with Crippen LogP contribution >= 0.6 is 24.2 Å². The summed E-state index contributed by atoms with van der Waals surface area (Å²) in [6.45, 7) is 1.62. The van der Waals surface area contributed by atoms with Crippen molar-refractivity contribution in [3.63, 3.8) is 0 Å². The number of rotatable bonds is 4. The topological polar surface area (TPSA) is 63.2 Å². The third-order valence-corrected chi connectivity index (χ3v) is 3.84. The lowest BCUT2D eigenvalue weighted by Gasteiger charge is -2.13. The molecule has 1 aromatic carbocycles. The largest absolute Gasteiger partial charge is 0.349 e. The molecule has 0 aromatic heterocycles. The molecule has 0 heterocycles. The molecule has 1 rings (SSSR count). The summed E-state index contributed by atoms with van der Waals surface area (Å²) in [5.74, 6) is -0.524. The Hall–Kier alpha value is -0.720. The standard InChI is InChI=1S/C11H14ClNO3S2/c1-7(6-18(2,15)16)13-11(14)9-5-8(17)3-4-10(9)12/h3-5,7,17H,6H2,1-2H3,(H,13,14). The van der Waals surface area contributed by atoms with Gasteiger partial charge in [-0.25, -0.2) is 8.42 Å². The average Bonchev–Trinajstić information content (AvgIpc) is 2.18. The SMILES string of the molecule is CC(CS(C)(=O)=O)NC(=O)c1cc(S)ccc1Cl. The normalized spacial score (nSPS) is 13.1. The molecule has 18 heavy (non-hydrogen) atoms. The van der Waals surface area contributed by atoms with Crippen LogP contribution in [0.15, 0.2) is 23.1 Å². The Balaban J connectivity index is 2.80. The van der Waals surface area contributed by atoms with Crippen molar-refractivity contribution >= 4 is 40.0 Å². The highest BCUT2D eigenvalue weighted by Crippen LogP contribution is 2.19. The van der Waals surface area contributed by atoms with Crippen LogP contribution in [0, 0.1) is 0 Å². The fraction of sp³-hybridized carbons (Fsp3) is 0.364. The first kappa shape index (κ1) is 15.3. The third-order valence-electron chi connectivity index (χ3n) is 2.12. The molecule has 0 saturated heterocycles. The Morgan fingerprint density at radius 3 is 2.67 bits per heavy atom. The van der Waals surface area contributed by atoms with Gasteiger partial charge in [0.2, 0.25) is 0 Å². The molecular weight excluding hydrogens is 294 g/mol.